The Labute approximate surface area is 141 Å². The highest BCUT2D eigenvalue weighted by Crippen LogP contribution is 2.21. The lowest BCUT2D eigenvalue weighted by atomic mass is 10.2. The minimum Gasteiger partial charge on any atom is -0.359 e. The molecule has 0 radical (unpaired) electrons. The molecule has 6 heteroatoms. The SMILES string of the molecule is N#CC(=CNc1ccccc1Br)C(=O)Nc1cccc(Cl)c1. The van der Waals surface area contributed by atoms with E-state index in [1.54, 1.807) is 24.3 Å². The van der Waals surface area contributed by atoms with Crippen LogP contribution < -0.4 is 10.6 Å². The lowest BCUT2D eigenvalue weighted by Gasteiger charge is -2.06. The molecule has 0 aliphatic carbocycles. The number of halogens is 2. The van der Waals surface area contributed by atoms with Gasteiger partial charge in [0.15, 0.2) is 0 Å². The highest BCUT2D eigenvalue weighted by molar-refractivity contribution is 9.10. The van der Waals surface area contributed by atoms with Crippen LogP contribution >= 0.6 is 27.5 Å². The van der Waals surface area contributed by atoms with Gasteiger partial charge in [0.1, 0.15) is 11.6 Å². The summed E-state index contributed by atoms with van der Waals surface area (Å²) in [6.45, 7) is 0. The number of hydrogen-bond acceptors (Lipinski definition) is 3. The van der Waals surface area contributed by atoms with E-state index in [1.807, 2.05) is 30.3 Å². The zero-order valence-corrected chi connectivity index (χ0v) is 13.6. The number of nitrogens with one attached hydrogen (secondary N) is 2. The molecule has 0 aliphatic heterocycles. The van der Waals surface area contributed by atoms with Crippen molar-refractivity contribution in [1.82, 2.24) is 0 Å². The van der Waals surface area contributed by atoms with Crippen LogP contribution in [-0.2, 0) is 4.79 Å². The Morgan fingerprint density at radius 3 is 2.68 bits per heavy atom. The van der Waals surface area contributed by atoms with Crippen LogP contribution in [0.1, 0.15) is 0 Å². The van der Waals surface area contributed by atoms with Crippen molar-refractivity contribution in [2.75, 3.05) is 10.6 Å². The minimum absolute atomic E-state index is 0.0456. The summed E-state index contributed by atoms with van der Waals surface area (Å²) in [5, 5.41) is 15.2. The molecule has 0 aliphatic rings. The van der Waals surface area contributed by atoms with Crippen LogP contribution in [0.5, 0.6) is 0 Å². The van der Waals surface area contributed by atoms with Crippen molar-refractivity contribution >= 4 is 44.8 Å². The summed E-state index contributed by atoms with van der Waals surface area (Å²) in [5.74, 6) is -0.510. The predicted octanol–water partition coefficient (Wildman–Crippen LogP) is 4.56. The molecule has 0 bridgehead atoms. The molecule has 2 aromatic rings. The van der Waals surface area contributed by atoms with E-state index in [4.69, 9.17) is 16.9 Å². The van der Waals surface area contributed by atoms with Gasteiger partial charge in [-0.3, -0.25) is 4.79 Å². The molecule has 0 saturated heterocycles. The lowest BCUT2D eigenvalue weighted by Crippen LogP contribution is -2.14. The first-order chi connectivity index (χ1) is 10.6. The zero-order valence-electron chi connectivity index (χ0n) is 11.3. The molecule has 0 saturated carbocycles. The van der Waals surface area contributed by atoms with Gasteiger partial charge in [-0.2, -0.15) is 5.26 Å². The fourth-order valence-electron chi connectivity index (χ4n) is 1.64. The van der Waals surface area contributed by atoms with Gasteiger partial charge in [0.05, 0.1) is 5.69 Å². The maximum Gasteiger partial charge on any atom is 0.267 e. The van der Waals surface area contributed by atoms with Crippen molar-refractivity contribution in [3.05, 3.63) is 69.8 Å². The number of amides is 1. The quantitative estimate of drug-likeness (QED) is 0.607. The molecule has 1 amide bonds. The van der Waals surface area contributed by atoms with Crippen molar-refractivity contribution in [2.24, 2.45) is 0 Å². The van der Waals surface area contributed by atoms with E-state index >= 15 is 0 Å². The summed E-state index contributed by atoms with van der Waals surface area (Å²) in [4.78, 5) is 12.1. The zero-order chi connectivity index (χ0) is 15.9. The van der Waals surface area contributed by atoms with Crippen LogP contribution in [0.4, 0.5) is 11.4 Å². The molecule has 2 N–H and O–H groups in total. The highest BCUT2D eigenvalue weighted by Gasteiger charge is 2.09. The predicted molar refractivity (Wildman–Crippen MR) is 91.5 cm³/mol. The third kappa shape index (κ3) is 4.35. The number of hydrogen-bond donors (Lipinski definition) is 2. The van der Waals surface area contributed by atoms with Crippen LogP contribution in [0.3, 0.4) is 0 Å². The molecule has 2 rings (SSSR count). The second kappa shape index (κ2) is 7.64. The summed E-state index contributed by atoms with van der Waals surface area (Å²) in [6, 6.07) is 16.0. The average Bonchev–Trinajstić information content (AvgIpc) is 2.49. The number of benzene rings is 2. The van der Waals surface area contributed by atoms with Gasteiger partial charge in [-0.1, -0.05) is 29.8 Å². The third-order valence-electron chi connectivity index (χ3n) is 2.69. The van der Waals surface area contributed by atoms with Crippen LogP contribution in [0.2, 0.25) is 5.02 Å². The third-order valence-corrected chi connectivity index (χ3v) is 3.62. The van der Waals surface area contributed by atoms with E-state index in [0.717, 1.165) is 10.2 Å². The van der Waals surface area contributed by atoms with E-state index in [0.29, 0.717) is 10.7 Å². The number of nitrogens with zero attached hydrogens (tertiary/aromatic N) is 1. The van der Waals surface area contributed by atoms with E-state index in [2.05, 4.69) is 26.6 Å². The van der Waals surface area contributed by atoms with Gasteiger partial charge < -0.3 is 10.6 Å². The van der Waals surface area contributed by atoms with Crippen molar-refractivity contribution in [3.63, 3.8) is 0 Å². The maximum atomic E-state index is 12.1. The Hall–Kier alpha value is -2.29. The first kappa shape index (κ1) is 16.1. The maximum absolute atomic E-state index is 12.1. The first-order valence-electron chi connectivity index (χ1n) is 6.28. The van der Waals surface area contributed by atoms with Gasteiger partial charge in [0.2, 0.25) is 0 Å². The van der Waals surface area contributed by atoms with Crippen LogP contribution in [0, 0.1) is 11.3 Å². The number of carbonyl (C=O) groups is 1. The number of carbonyl (C=O) groups excluding carboxylic acids is 1. The number of para-hydroxylation sites is 1. The summed E-state index contributed by atoms with van der Waals surface area (Å²) < 4.78 is 0.832. The lowest BCUT2D eigenvalue weighted by molar-refractivity contribution is -0.112. The van der Waals surface area contributed by atoms with Crippen LogP contribution in [0.25, 0.3) is 0 Å². The van der Waals surface area contributed by atoms with Gasteiger partial charge >= 0.3 is 0 Å². The topological polar surface area (TPSA) is 64.9 Å². The number of rotatable bonds is 4. The molecule has 4 nitrogen and oxygen atoms in total. The standard InChI is InChI=1S/C16H11BrClN3O/c17-14-6-1-2-7-15(14)20-10-11(9-19)16(22)21-13-5-3-4-12(18)8-13/h1-8,10,20H,(H,21,22). The van der Waals surface area contributed by atoms with Crippen molar-refractivity contribution in [3.8, 4) is 6.07 Å². The number of anilines is 2. The fourth-order valence-corrected chi connectivity index (χ4v) is 2.23. The molecule has 22 heavy (non-hydrogen) atoms. The van der Waals surface area contributed by atoms with E-state index in [-0.39, 0.29) is 5.57 Å². The molecule has 110 valence electrons. The Kier molecular flexibility index (Phi) is 5.59. The second-order valence-electron chi connectivity index (χ2n) is 4.26. The highest BCUT2D eigenvalue weighted by atomic mass is 79.9. The summed E-state index contributed by atoms with van der Waals surface area (Å²) in [7, 11) is 0. The average molecular weight is 377 g/mol. The van der Waals surface area contributed by atoms with Crippen LogP contribution in [-0.4, -0.2) is 5.91 Å². The summed E-state index contributed by atoms with van der Waals surface area (Å²) in [6.07, 6.45) is 1.36. The Morgan fingerprint density at radius 1 is 1.23 bits per heavy atom. The Bertz CT molecular complexity index is 768. The minimum atomic E-state index is -0.510. The molecule has 0 atom stereocenters. The first-order valence-corrected chi connectivity index (χ1v) is 7.45. The second-order valence-corrected chi connectivity index (χ2v) is 5.55. The van der Waals surface area contributed by atoms with E-state index < -0.39 is 5.91 Å². The van der Waals surface area contributed by atoms with Crippen molar-refractivity contribution < 1.29 is 4.79 Å². The smallest absolute Gasteiger partial charge is 0.267 e. The molecule has 0 unspecified atom stereocenters. The van der Waals surface area contributed by atoms with E-state index in [9.17, 15) is 4.79 Å². The molecular weight excluding hydrogens is 366 g/mol. The Balaban J connectivity index is 2.11. The molecule has 0 fully saturated rings. The number of nitriles is 1. The van der Waals surface area contributed by atoms with E-state index in [1.165, 1.54) is 6.20 Å². The van der Waals surface area contributed by atoms with Gasteiger partial charge in [-0.05, 0) is 46.3 Å². The summed E-state index contributed by atoms with van der Waals surface area (Å²) >= 11 is 9.23. The van der Waals surface area contributed by atoms with Crippen molar-refractivity contribution in [2.45, 2.75) is 0 Å². The fraction of sp³-hybridized carbons (Fsp3) is 0. The monoisotopic (exact) mass is 375 g/mol. The Morgan fingerprint density at radius 2 is 2.00 bits per heavy atom. The largest absolute Gasteiger partial charge is 0.359 e. The summed E-state index contributed by atoms with van der Waals surface area (Å²) in [5.41, 5.74) is 1.24. The van der Waals surface area contributed by atoms with Gasteiger partial charge in [0, 0.05) is 21.4 Å². The normalized spacial score (nSPS) is 10.7. The van der Waals surface area contributed by atoms with Gasteiger partial charge in [-0.15, -0.1) is 0 Å². The molecule has 0 aromatic heterocycles. The molecule has 0 spiro atoms. The van der Waals surface area contributed by atoms with Crippen molar-refractivity contribution in [1.29, 1.82) is 5.26 Å². The van der Waals surface area contributed by atoms with Crippen LogP contribution in [0.15, 0.2) is 64.8 Å². The van der Waals surface area contributed by atoms with Gasteiger partial charge in [-0.25, -0.2) is 0 Å². The molecular formula is C16H11BrClN3O. The molecule has 0 heterocycles. The molecule has 2 aromatic carbocycles. The van der Waals surface area contributed by atoms with Gasteiger partial charge in [0.25, 0.3) is 5.91 Å².